The molecule has 6 heteroatoms. The van der Waals surface area contributed by atoms with Gasteiger partial charge in [0.25, 0.3) is 0 Å². The second-order valence-corrected chi connectivity index (χ2v) is 7.75. The van der Waals surface area contributed by atoms with E-state index < -0.39 is 0 Å². The van der Waals surface area contributed by atoms with Crippen LogP contribution in [0, 0.1) is 13.8 Å². The molecule has 0 fully saturated rings. The van der Waals surface area contributed by atoms with Gasteiger partial charge >= 0.3 is 0 Å². The topological polar surface area (TPSA) is 63.6 Å². The van der Waals surface area contributed by atoms with Gasteiger partial charge in [-0.05, 0) is 38.0 Å². The summed E-state index contributed by atoms with van der Waals surface area (Å²) in [5, 5.41) is 10.2. The number of nitrogens with one attached hydrogen (secondary N) is 1. The normalized spacial score (nSPS) is 11.2. The third-order valence-electron chi connectivity index (χ3n) is 4.90. The highest BCUT2D eigenvalue weighted by Crippen LogP contribution is 2.26. The first-order chi connectivity index (χ1) is 13.6. The number of Topliss-reactive ketones (excluding diaryl/α,β-unsaturated/α-hetero) is 1. The number of benzene rings is 2. The first-order valence-corrected chi connectivity index (χ1v) is 10.3. The zero-order chi connectivity index (χ0) is 19.7. The average molecular weight is 391 g/mol. The lowest BCUT2D eigenvalue weighted by atomic mass is 10.1. The summed E-state index contributed by atoms with van der Waals surface area (Å²) < 4.78 is 1.99. The van der Waals surface area contributed by atoms with Crippen LogP contribution < -0.4 is 0 Å². The number of rotatable bonds is 6. The number of hydrogen-bond donors (Lipinski definition) is 1. The van der Waals surface area contributed by atoms with Gasteiger partial charge in [-0.15, -0.1) is 10.2 Å². The fraction of sp³-hybridized carbons (Fsp3) is 0.227. The lowest BCUT2D eigenvalue weighted by Gasteiger charge is -2.08. The molecule has 0 bridgehead atoms. The minimum Gasteiger partial charge on any atom is -0.360 e. The maximum atomic E-state index is 12.9. The molecule has 5 nitrogen and oxygen atoms in total. The van der Waals surface area contributed by atoms with Crippen molar-refractivity contribution in [2.45, 2.75) is 32.3 Å². The van der Waals surface area contributed by atoms with Gasteiger partial charge in [0.2, 0.25) is 0 Å². The van der Waals surface area contributed by atoms with Crippen LogP contribution in [0.25, 0.3) is 16.6 Å². The summed E-state index contributed by atoms with van der Waals surface area (Å²) >= 11 is 1.42. The fourth-order valence-electron chi connectivity index (χ4n) is 3.38. The van der Waals surface area contributed by atoms with E-state index in [0.29, 0.717) is 5.75 Å². The molecule has 0 saturated carbocycles. The molecule has 4 aromatic rings. The first kappa shape index (κ1) is 18.5. The minimum absolute atomic E-state index is 0.0839. The molecule has 0 unspecified atom stereocenters. The molecular weight excluding hydrogens is 368 g/mol. The Hall–Kier alpha value is -2.86. The summed E-state index contributed by atoms with van der Waals surface area (Å²) in [6.45, 7) is 6.10. The van der Waals surface area contributed by atoms with Gasteiger partial charge in [-0.25, -0.2) is 0 Å². The molecule has 0 saturated heterocycles. The van der Waals surface area contributed by atoms with Crippen molar-refractivity contribution in [2.24, 2.45) is 0 Å². The first-order valence-electron chi connectivity index (χ1n) is 9.32. The molecule has 0 atom stereocenters. The van der Waals surface area contributed by atoms with Gasteiger partial charge in [-0.3, -0.25) is 9.36 Å². The van der Waals surface area contributed by atoms with Gasteiger partial charge in [0.15, 0.2) is 10.9 Å². The Morgan fingerprint density at radius 1 is 1.11 bits per heavy atom. The van der Waals surface area contributed by atoms with Gasteiger partial charge < -0.3 is 4.98 Å². The van der Waals surface area contributed by atoms with Crippen LogP contribution in [-0.4, -0.2) is 31.3 Å². The van der Waals surface area contributed by atoms with Crippen molar-refractivity contribution in [1.29, 1.82) is 0 Å². The van der Waals surface area contributed by atoms with Crippen molar-refractivity contribution < 1.29 is 4.79 Å². The van der Waals surface area contributed by atoms with Gasteiger partial charge in [0.05, 0.1) is 5.75 Å². The van der Waals surface area contributed by atoms with E-state index in [1.807, 2.05) is 42.0 Å². The standard InChI is InChI=1S/C22H22N4OS/c1-4-16-6-5-7-18-19(12-23-21(16)18)20(27)13-28-22-25-24-15(3)26(22)17-10-8-14(2)9-11-17/h5-12,23H,4,13H2,1-3H3. The molecule has 142 valence electrons. The molecule has 0 amide bonds. The zero-order valence-corrected chi connectivity index (χ0v) is 17.0. The molecule has 2 aromatic heterocycles. The summed E-state index contributed by atoms with van der Waals surface area (Å²) in [5.41, 5.74) is 5.21. The number of ketones is 1. The monoisotopic (exact) mass is 390 g/mol. The summed E-state index contributed by atoms with van der Waals surface area (Å²) in [7, 11) is 0. The second-order valence-electron chi connectivity index (χ2n) is 6.81. The van der Waals surface area contributed by atoms with E-state index in [1.54, 1.807) is 0 Å². The van der Waals surface area contributed by atoms with Gasteiger partial charge in [-0.1, -0.05) is 54.6 Å². The molecular formula is C22H22N4OS. The number of nitrogens with zero attached hydrogens (tertiary/aromatic N) is 3. The van der Waals surface area contributed by atoms with Crippen LogP contribution in [0.5, 0.6) is 0 Å². The van der Waals surface area contributed by atoms with Crippen LogP contribution in [0.15, 0.2) is 53.8 Å². The summed E-state index contributed by atoms with van der Waals surface area (Å²) in [6.07, 6.45) is 2.75. The maximum absolute atomic E-state index is 12.9. The molecule has 0 aliphatic rings. The Labute approximate surface area is 168 Å². The van der Waals surface area contributed by atoms with Crippen molar-refractivity contribution in [2.75, 3.05) is 5.75 Å². The molecule has 2 aromatic carbocycles. The van der Waals surface area contributed by atoms with E-state index in [-0.39, 0.29) is 5.78 Å². The Morgan fingerprint density at radius 3 is 2.64 bits per heavy atom. The maximum Gasteiger partial charge on any atom is 0.196 e. The SMILES string of the molecule is CCc1cccc2c(C(=O)CSc3nnc(C)n3-c3ccc(C)cc3)c[nH]c12. The quantitative estimate of drug-likeness (QED) is 0.376. The molecule has 0 aliphatic carbocycles. The van der Waals surface area contributed by atoms with Crippen LogP contribution in [0.4, 0.5) is 0 Å². The number of aryl methyl sites for hydroxylation is 3. The van der Waals surface area contributed by atoms with Crippen molar-refractivity contribution >= 4 is 28.4 Å². The minimum atomic E-state index is 0.0839. The number of aromatic nitrogens is 4. The Balaban J connectivity index is 1.57. The predicted molar refractivity (Wildman–Crippen MR) is 114 cm³/mol. The smallest absolute Gasteiger partial charge is 0.196 e. The van der Waals surface area contributed by atoms with Crippen LogP contribution in [0.3, 0.4) is 0 Å². The molecule has 2 heterocycles. The zero-order valence-electron chi connectivity index (χ0n) is 16.2. The third-order valence-corrected chi connectivity index (χ3v) is 5.83. The number of para-hydroxylation sites is 1. The third kappa shape index (κ3) is 3.36. The predicted octanol–water partition coefficient (Wildman–Crippen LogP) is 4.90. The molecule has 28 heavy (non-hydrogen) atoms. The number of hydrogen-bond acceptors (Lipinski definition) is 4. The lowest BCUT2D eigenvalue weighted by Crippen LogP contribution is -2.04. The van der Waals surface area contributed by atoms with E-state index >= 15 is 0 Å². The largest absolute Gasteiger partial charge is 0.360 e. The second kappa shape index (κ2) is 7.64. The van der Waals surface area contributed by atoms with Crippen LogP contribution in [0.2, 0.25) is 0 Å². The molecule has 0 spiro atoms. The number of aromatic amines is 1. The summed E-state index contributed by atoms with van der Waals surface area (Å²) in [4.78, 5) is 16.2. The van der Waals surface area contributed by atoms with Crippen molar-refractivity contribution in [1.82, 2.24) is 19.7 Å². The Kier molecular flexibility index (Phi) is 5.05. The molecule has 0 aliphatic heterocycles. The number of H-pyrrole nitrogens is 1. The van der Waals surface area contributed by atoms with E-state index in [1.165, 1.54) is 22.9 Å². The number of carbonyl (C=O) groups is 1. The van der Waals surface area contributed by atoms with Crippen LogP contribution >= 0.6 is 11.8 Å². The highest BCUT2D eigenvalue weighted by atomic mass is 32.2. The summed E-state index contributed by atoms with van der Waals surface area (Å²) in [5.74, 6) is 1.20. The van der Waals surface area contributed by atoms with Crippen molar-refractivity contribution in [3.63, 3.8) is 0 Å². The number of thioether (sulfide) groups is 1. The van der Waals surface area contributed by atoms with E-state index in [9.17, 15) is 4.79 Å². The van der Waals surface area contributed by atoms with Crippen LogP contribution in [0.1, 0.15) is 34.2 Å². The van der Waals surface area contributed by atoms with Gasteiger partial charge in [0.1, 0.15) is 5.82 Å². The molecule has 4 rings (SSSR count). The van der Waals surface area contributed by atoms with Crippen molar-refractivity contribution in [3.8, 4) is 5.69 Å². The molecule has 1 N–H and O–H groups in total. The Morgan fingerprint density at radius 2 is 1.89 bits per heavy atom. The van der Waals surface area contributed by atoms with Crippen LogP contribution in [-0.2, 0) is 6.42 Å². The fourth-order valence-corrected chi connectivity index (χ4v) is 4.26. The van der Waals surface area contributed by atoms with Crippen molar-refractivity contribution in [3.05, 3.63) is 71.2 Å². The number of fused-ring (bicyclic) bond motifs is 1. The van der Waals surface area contributed by atoms with Gasteiger partial charge in [-0.2, -0.15) is 0 Å². The Bertz CT molecular complexity index is 1140. The molecule has 0 radical (unpaired) electrons. The lowest BCUT2D eigenvalue weighted by molar-refractivity contribution is 0.102. The van der Waals surface area contributed by atoms with E-state index in [2.05, 4.69) is 47.2 Å². The number of carbonyl (C=O) groups excluding carboxylic acids is 1. The summed E-state index contributed by atoms with van der Waals surface area (Å²) in [6, 6.07) is 14.3. The highest BCUT2D eigenvalue weighted by Gasteiger charge is 2.17. The van der Waals surface area contributed by atoms with Gasteiger partial charge in [0, 0.05) is 28.4 Å². The highest BCUT2D eigenvalue weighted by molar-refractivity contribution is 7.99. The van der Waals surface area contributed by atoms with E-state index in [4.69, 9.17) is 0 Å². The van der Waals surface area contributed by atoms with E-state index in [0.717, 1.165) is 39.6 Å². The average Bonchev–Trinajstić information content (AvgIpc) is 3.30.